The maximum absolute atomic E-state index is 6.05. The zero-order chi connectivity index (χ0) is 12.0. The van der Waals surface area contributed by atoms with Crippen LogP contribution in [0.5, 0.6) is 0 Å². The van der Waals surface area contributed by atoms with Crippen molar-refractivity contribution in [3.63, 3.8) is 0 Å². The second kappa shape index (κ2) is 6.87. The molecule has 1 fully saturated rings. The third-order valence-electron chi connectivity index (χ3n) is 4.43. The highest BCUT2D eigenvalue weighted by Gasteiger charge is 2.36. The summed E-state index contributed by atoms with van der Waals surface area (Å²) in [6, 6.07) is 0. The van der Waals surface area contributed by atoms with E-state index in [2.05, 4.69) is 25.1 Å². The van der Waals surface area contributed by atoms with Gasteiger partial charge in [0.25, 0.3) is 0 Å². The first-order chi connectivity index (χ1) is 7.68. The maximum Gasteiger partial charge on any atom is 0.0329 e. The molecule has 3 heteroatoms. The van der Waals surface area contributed by atoms with Crippen molar-refractivity contribution >= 4 is 11.8 Å². The lowest BCUT2D eigenvalue weighted by atomic mass is 9.75. The minimum Gasteiger partial charge on any atom is -0.329 e. The summed E-state index contributed by atoms with van der Waals surface area (Å²) in [5.74, 6) is 2.17. The average Bonchev–Trinajstić information content (AvgIpc) is 2.35. The summed E-state index contributed by atoms with van der Waals surface area (Å²) < 4.78 is 0. The molecule has 2 nitrogen and oxygen atoms in total. The molecular weight excluding hydrogens is 216 g/mol. The number of hydrogen-bond acceptors (Lipinski definition) is 3. The maximum atomic E-state index is 6.05. The number of rotatable bonds is 6. The summed E-state index contributed by atoms with van der Waals surface area (Å²) in [5, 5.41) is 0. The molecule has 0 atom stereocenters. The van der Waals surface area contributed by atoms with Gasteiger partial charge in [0.1, 0.15) is 0 Å². The van der Waals surface area contributed by atoms with Crippen LogP contribution in [-0.2, 0) is 0 Å². The van der Waals surface area contributed by atoms with E-state index in [4.69, 9.17) is 5.73 Å². The number of nitrogens with zero attached hydrogens (tertiary/aromatic N) is 1. The zero-order valence-corrected chi connectivity index (χ0v) is 12.0. The average molecular weight is 244 g/mol. The minimum absolute atomic E-state index is 0.307. The highest BCUT2D eigenvalue weighted by atomic mass is 32.2. The van der Waals surface area contributed by atoms with Gasteiger partial charge >= 0.3 is 0 Å². The van der Waals surface area contributed by atoms with E-state index in [1.807, 2.05) is 11.8 Å². The monoisotopic (exact) mass is 244 g/mol. The molecule has 1 rings (SSSR count). The Hall–Kier alpha value is 0.270. The largest absolute Gasteiger partial charge is 0.329 e. The van der Waals surface area contributed by atoms with Crippen LogP contribution in [0.15, 0.2) is 0 Å². The molecule has 96 valence electrons. The van der Waals surface area contributed by atoms with E-state index >= 15 is 0 Å². The Balaban J connectivity index is 2.51. The van der Waals surface area contributed by atoms with Gasteiger partial charge in [-0.3, -0.25) is 4.90 Å². The predicted octanol–water partition coefficient (Wildman–Crippen LogP) is 2.58. The predicted molar refractivity (Wildman–Crippen MR) is 75.0 cm³/mol. The first-order valence-corrected chi connectivity index (χ1v) is 7.98. The third-order valence-corrected chi connectivity index (χ3v) is 5.02. The lowest BCUT2D eigenvalue weighted by Gasteiger charge is -2.46. The molecule has 0 saturated heterocycles. The van der Waals surface area contributed by atoms with Crippen molar-refractivity contribution in [1.82, 2.24) is 4.90 Å². The molecule has 0 heterocycles. The summed E-state index contributed by atoms with van der Waals surface area (Å²) in [6.45, 7) is 4.32. The molecule has 1 saturated carbocycles. The van der Waals surface area contributed by atoms with Crippen LogP contribution in [0.2, 0.25) is 0 Å². The van der Waals surface area contributed by atoms with Crippen LogP contribution in [0.3, 0.4) is 0 Å². The van der Waals surface area contributed by atoms with E-state index in [9.17, 15) is 0 Å². The Morgan fingerprint density at radius 3 is 2.44 bits per heavy atom. The Morgan fingerprint density at radius 2 is 2.00 bits per heavy atom. The van der Waals surface area contributed by atoms with E-state index < -0.39 is 0 Å². The summed E-state index contributed by atoms with van der Waals surface area (Å²) in [7, 11) is 2.26. The summed E-state index contributed by atoms with van der Waals surface area (Å²) in [6.07, 6.45) is 8.86. The summed E-state index contributed by atoms with van der Waals surface area (Å²) in [4.78, 5) is 2.52. The lowest BCUT2D eigenvalue weighted by molar-refractivity contribution is 0.0696. The third kappa shape index (κ3) is 3.38. The van der Waals surface area contributed by atoms with Crippen LogP contribution in [0, 0.1) is 5.92 Å². The fourth-order valence-electron chi connectivity index (χ4n) is 2.83. The van der Waals surface area contributed by atoms with Gasteiger partial charge in [0.15, 0.2) is 0 Å². The molecule has 0 radical (unpaired) electrons. The van der Waals surface area contributed by atoms with Crippen molar-refractivity contribution in [1.29, 1.82) is 0 Å². The van der Waals surface area contributed by atoms with Crippen molar-refractivity contribution < 1.29 is 0 Å². The quantitative estimate of drug-likeness (QED) is 0.779. The van der Waals surface area contributed by atoms with E-state index in [0.29, 0.717) is 5.54 Å². The summed E-state index contributed by atoms with van der Waals surface area (Å²) >= 11 is 1.93. The van der Waals surface area contributed by atoms with Crippen molar-refractivity contribution in [2.24, 2.45) is 11.7 Å². The van der Waals surface area contributed by atoms with Gasteiger partial charge in [0, 0.05) is 24.4 Å². The van der Waals surface area contributed by atoms with Gasteiger partial charge in [-0.2, -0.15) is 11.8 Å². The normalized spacial score (nSPS) is 30.9. The Bertz CT molecular complexity index is 188. The van der Waals surface area contributed by atoms with Crippen molar-refractivity contribution in [2.45, 2.75) is 44.6 Å². The topological polar surface area (TPSA) is 29.3 Å². The lowest BCUT2D eigenvalue weighted by Crippen LogP contribution is -2.54. The molecule has 0 spiro atoms. The highest BCUT2D eigenvalue weighted by Crippen LogP contribution is 2.36. The van der Waals surface area contributed by atoms with Crippen molar-refractivity contribution in [3.05, 3.63) is 0 Å². The molecule has 0 amide bonds. The standard InChI is InChI=1S/C13H28N2S/c1-4-12-5-7-13(11-14,8-6-12)15(2)9-10-16-3/h12H,4-11,14H2,1-3H3. The van der Waals surface area contributed by atoms with Gasteiger partial charge < -0.3 is 5.73 Å². The number of hydrogen-bond donors (Lipinski definition) is 1. The van der Waals surface area contributed by atoms with Crippen LogP contribution in [0.1, 0.15) is 39.0 Å². The van der Waals surface area contributed by atoms with Crippen LogP contribution in [0.25, 0.3) is 0 Å². The molecule has 0 bridgehead atoms. The van der Waals surface area contributed by atoms with Gasteiger partial charge in [0.2, 0.25) is 0 Å². The van der Waals surface area contributed by atoms with Crippen molar-refractivity contribution in [2.75, 3.05) is 32.1 Å². The Labute approximate surface area is 105 Å². The van der Waals surface area contributed by atoms with E-state index in [1.165, 1.54) is 44.4 Å². The molecule has 0 aromatic heterocycles. The molecular formula is C13H28N2S. The number of likely N-dealkylation sites (N-methyl/N-ethyl adjacent to an activating group) is 1. The fourth-order valence-corrected chi connectivity index (χ4v) is 3.29. The first-order valence-electron chi connectivity index (χ1n) is 6.58. The molecule has 0 aromatic rings. The van der Waals surface area contributed by atoms with Crippen LogP contribution < -0.4 is 5.73 Å². The summed E-state index contributed by atoms with van der Waals surface area (Å²) in [5.41, 5.74) is 6.36. The van der Waals surface area contributed by atoms with E-state index in [0.717, 1.165) is 12.5 Å². The second-order valence-corrected chi connectivity index (χ2v) is 6.18. The Kier molecular flexibility index (Phi) is 6.16. The SMILES string of the molecule is CCC1CCC(CN)(N(C)CCSC)CC1. The van der Waals surface area contributed by atoms with Crippen LogP contribution in [-0.4, -0.2) is 42.6 Å². The molecule has 0 aromatic carbocycles. The molecule has 1 aliphatic rings. The Morgan fingerprint density at radius 1 is 1.38 bits per heavy atom. The van der Waals surface area contributed by atoms with E-state index in [1.54, 1.807) is 0 Å². The van der Waals surface area contributed by atoms with Gasteiger partial charge in [-0.05, 0) is 44.9 Å². The first kappa shape index (κ1) is 14.3. The van der Waals surface area contributed by atoms with Crippen LogP contribution in [0.4, 0.5) is 0 Å². The smallest absolute Gasteiger partial charge is 0.0329 e. The zero-order valence-electron chi connectivity index (χ0n) is 11.2. The van der Waals surface area contributed by atoms with Gasteiger partial charge in [-0.15, -0.1) is 0 Å². The molecule has 0 unspecified atom stereocenters. The second-order valence-electron chi connectivity index (χ2n) is 5.19. The number of nitrogens with two attached hydrogens (primary N) is 1. The minimum atomic E-state index is 0.307. The molecule has 2 N–H and O–H groups in total. The molecule has 16 heavy (non-hydrogen) atoms. The van der Waals surface area contributed by atoms with Crippen molar-refractivity contribution in [3.8, 4) is 0 Å². The van der Waals surface area contributed by atoms with Gasteiger partial charge in [0.05, 0.1) is 0 Å². The van der Waals surface area contributed by atoms with Gasteiger partial charge in [-0.1, -0.05) is 13.3 Å². The van der Waals surface area contributed by atoms with E-state index in [-0.39, 0.29) is 0 Å². The van der Waals surface area contributed by atoms with Gasteiger partial charge in [-0.25, -0.2) is 0 Å². The molecule has 1 aliphatic carbocycles. The highest BCUT2D eigenvalue weighted by molar-refractivity contribution is 7.98. The van der Waals surface area contributed by atoms with Crippen LogP contribution >= 0.6 is 11.8 Å². The fraction of sp³-hybridized carbons (Fsp3) is 1.00. The number of thioether (sulfide) groups is 1. The molecule has 0 aliphatic heterocycles.